The fraction of sp³-hybridized carbons (Fsp3) is 0.923. The van der Waals surface area contributed by atoms with Crippen molar-refractivity contribution in [3.63, 3.8) is 0 Å². The highest BCUT2D eigenvalue weighted by atomic mass is 35.5. The summed E-state index contributed by atoms with van der Waals surface area (Å²) in [4.78, 5) is 14.3. The zero-order valence-corrected chi connectivity index (χ0v) is 11.6. The Bertz CT molecular complexity index is 301. The third kappa shape index (κ3) is 2.81. The van der Waals surface area contributed by atoms with E-state index in [9.17, 15) is 4.79 Å². The highest BCUT2D eigenvalue weighted by Gasteiger charge is 2.44. The lowest BCUT2D eigenvalue weighted by Crippen LogP contribution is -2.45. The van der Waals surface area contributed by atoms with Crippen LogP contribution in [0.4, 0.5) is 0 Å². The smallest absolute Gasteiger partial charge is 0.224 e. The molecule has 1 unspecified atom stereocenters. The molecule has 5 heteroatoms. The lowest BCUT2D eigenvalue weighted by molar-refractivity contribution is -0.132. The normalized spacial score (nSPS) is 29.8. The van der Waals surface area contributed by atoms with Gasteiger partial charge >= 0.3 is 0 Å². The first-order valence-electron chi connectivity index (χ1n) is 6.86. The second-order valence-corrected chi connectivity index (χ2v) is 5.85. The summed E-state index contributed by atoms with van der Waals surface area (Å²) in [7, 11) is 0. The monoisotopic (exact) mass is 274 g/mol. The second kappa shape index (κ2) is 5.76. The zero-order valence-electron chi connectivity index (χ0n) is 10.8. The van der Waals surface area contributed by atoms with Crippen LogP contribution < -0.4 is 5.32 Å². The fourth-order valence-electron chi connectivity index (χ4n) is 3.32. The van der Waals surface area contributed by atoms with Crippen LogP contribution in [-0.4, -0.2) is 49.7 Å². The maximum absolute atomic E-state index is 12.2. The lowest BCUT2D eigenvalue weighted by atomic mass is 9.68. The standard InChI is InChI=1S/C13H22N2O2.ClH/c16-12(8-11-9-17-7-5-14-11)15-6-4-13(10-15)2-1-3-13;/h11,14H,1-10H2;1H. The molecule has 1 atom stereocenters. The maximum Gasteiger partial charge on any atom is 0.224 e. The van der Waals surface area contributed by atoms with E-state index in [-0.39, 0.29) is 18.4 Å². The van der Waals surface area contributed by atoms with Gasteiger partial charge in [-0.05, 0) is 24.7 Å². The Hall–Kier alpha value is -0.320. The molecule has 2 saturated heterocycles. The van der Waals surface area contributed by atoms with E-state index in [0.29, 0.717) is 24.3 Å². The first-order chi connectivity index (χ1) is 8.27. The molecule has 4 nitrogen and oxygen atoms in total. The summed E-state index contributed by atoms with van der Waals surface area (Å²) in [6.07, 6.45) is 5.87. The molecule has 0 bridgehead atoms. The van der Waals surface area contributed by atoms with Crippen LogP contribution in [0.25, 0.3) is 0 Å². The van der Waals surface area contributed by atoms with E-state index < -0.39 is 0 Å². The van der Waals surface area contributed by atoms with Gasteiger partial charge in [0.25, 0.3) is 0 Å². The molecular weight excluding hydrogens is 252 g/mol. The highest BCUT2D eigenvalue weighted by Crippen LogP contribution is 2.47. The van der Waals surface area contributed by atoms with E-state index in [2.05, 4.69) is 10.2 Å². The van der Waals surface area contributed by atoms with Crippen LogP contribution in [0.2, 0.25) is 0 Å². The Morgan fingerprint density at radius 1 is 1.39 bits per heavy atom. The molecule has 1 saturated carbocycles. The zero-order chi connectivity index (χ0) is 11.7. The largest absolute Gasteiger partial charge is 0.378 e. The average Bonchev–Trinajstić information content (AvgIpc) is 2.75. The lowest BCUT2D eigenvalue weighted by Gasteiger charge is -2.38. The van der Waals surface area contributed by atoms with E-state index >= 15 is 0 Å². The van der Waals surface area contributed by atoms with Crippen molar-refractivity contribution in [2.24, 2.45) is 5.41 Å². The van der Waals surface area contributed by atoms with Crippen molar-refractivity contribution in [1.82, 2.24) is 10.2 Å². The Morgan fingerprint density at radius 2 is 2.22 bits per heavy atom. The SMILES string of the molecule is Cl.O=C(CC1COCCN1)N1CCC2(CCC2)C1. The van der Waals surface area contributed by atoms with Gasteiger partial charge in [0.2, 0.25) is 5.91 Å². The number of halogens is 1. The predicted octanol–water partition coefficient (Wildman–Crippen LogP) is 1.19. The van der Waals surface area contributed by atoms with Crippen LogP contribution in [0, 0.1) is 5.41 Å². The van der Waals surface area contributed by atoms with Crippen molar-refractivity contribution in [2.75, 3.05) is 32.8 Å². The third-order valence-corrected chi connectivity index (χ3v) is 4.62. The van der Waals surface area contributed by atoms with Crippen molar-refractivity contribution < 1.29 is 9.53 Å². The minimum atomic E-state index is 0. The van der Waals surface area contributed by atoms with Gasteiger partial charge in [-0.25, -0.2) is 0 Å². The number of likely N-dealkylation sites (tertiary alicyclic amines) is 1. The second-order valence-electron chi connectivity index (χ2n) is 5.85. The van der Waals surface area contributed by atoms with Gasteiger partial charge in [0.1, 0.15) is 0 Å². The molecule has 3 aliphatic rings. The number of amides is 1. The van der Waals surface area contributed by atoms with Crippen molar-refractivity contribution in [3.8, 4) is 0 Å². The van der Waals surface area contributed by atoms with Crippen LogP contribution in [0.5, 0.6) is 0 Å². The van der Waals surface area contributed by atoms with Gasteiger partial charge in [-0.15, -0.1) is 12.4 Å². The fourth-order valence-corrected chi connectivity index (χ4v) is 3.32. The minimum absolute atomic E-state index is 0. The Balaban J connectivity index is 0.00000120. The molecule has 1 amide bonds. The molecule has 18 heavy (non-hydrogen) atoms. The topological polar surface area (TPSA) is 41.6 Å². The molecule has 3 fully saturated rings. The van der Waals surface area contributed by atoms with E-state index in [1.54, 1.807) is 0 Å². The van der Waals surface area contributed by atoms with Gasteiger partial charge in [0.05, 0.1) is 13.2 Å². The molecule has 104 valence electrons. The summed E-state index contributed by atoms with van der Waals surface area (Å²) in [5.41, 5.74) is 0.520. The van der Waals surface area contributed by atoms with Gasteiger partial charge in [-0.1, -0.05) is 6.42 Å². The van der Waals surface area contributed by atoms with Gasteiger partial charge in [-0.2, -0.15) is 0 Å². The van der Waals surface area contributed by atoms with Gasteiger partial charge < -0.3 is 15.0 Å². The number of rotatable bonds is 2. The summed E-state index contributed by atoms with van der Waals surface area (Å²) in [5.74, 6) is 0.316. The van der Waals surface area contributed by atoms with Crippen molar-refractivity contribution in [2.45, 2.75) is 38.1 Å². The molecule has 1 spiro atoms. The van der Waals surface area contributed by atoms with E-state index in [0.717, 1.165) is 26.2 Å². The number of nitrogens with zero attached hydrogens (tertiary/aromatic N) is 1. The highest BCUT2D eigenvalue weighted by molar-refractivity contribution is 5.85. The molecule has 1 aliphatic carbocycles. The van der Waals surface area contributed by atoms with Crippen LogP contribution in [0.3, 0.4) is 0 Å². The molecule has 3 rings (SSSR count). The molecule has 2 heterocycles. The Labute approximate surface area is 115 Å². The summed E-state index contributed by atoms with van der Waals surface area (Å²) < 4.78 is 5.39. The van der Waals surface area contributed by atoms with Gasteiger partial charge in [-0.3, -0.25) is 4.79 Å². The summed E-state index contributed by atoms with van der Waals surface area (Å²) >= 11 is 0. The number of hydrogen-bond donors (Lipinski definition) is 1. The number of hydrogen-bond acceptors (Lipinski definition) is 3. The summed E-state index contributed by atoms with van der Waals surface area (Å²) in [6, 6.07) is 0.231. The molecule has 0 aromatic heterocycles. The third-order valence-electron chi connectivity index (χ3n) is 4.62. The van der Waals surface area contributed by atoms with Crippen LogP contribution in [0.1, 0.15) is 32.1 Å². The number of nitrogens with one attached hydrogen (secondary N) is 1. The van der Waals surface area contributed by atoms with Crippen LogP contribution in [-0.2, 0) is 9.53 Å². The van der Waals surface area contributed by atoms with E-state index in [1.807, 2.05) is 0 Å². The molecule has 1 N–H and O–H groups in total. The number of carbonyl (C=O) groups excluding carboxylic acids is 1. The molecular formula is C13H23ClN2O2. The first-order valence-corrected chi connectivity index (χ1v) is 6.86. The number of carbonyl (C=O) groups is 1. The molecule has 0 aromatic carbocycles. The van der Waals surface area contributed by atoms with E-state index in [4.69, 9.17) is 4.74 Å². The van der Waals surface area contributed by atoms with Crippen LogP contribution in [0.15, 0.2) is 0 Å². The molecule has 0 radical (unpaired) electrons. The first kappa shape index (κ1) is 14.1. The van der Waals surface area contributed by atoms with Gasteiger partial charge in [0.15, 0.2) is 0 Å². The van der Waals surface area contributed by atoms with Gasteiger partial charge in [0, 0.05) is 32.1 Å². The number of morpholine rings is 1. The van der Waals surface area contributed by atoms with Crippen molar-refractivity contribution in [1.29, 1.82) is 0 Å². The van der Waals surface area contributed by atoms with Crippen molar-refractivity contribution in [3.05, 3.63) is 0 Å². The van der Waals surface area contributed by atoms with E-state index in [1.165, 1.54) is 25.7 Å². The number of ether oxygens (including phenoxy) is 1. The summed E-state index contributed by atoms with van der Waals surface area (Å²) in [6.45, 7) is 4.33. The molecule has 2 aliphatic heterocycles. The Kier molecular flexibility index (Phi) is 4.51. The van der Waals surface area contributed by atoms with Crippen LogP contribution >= 0.6 is 12.4 Å². The Morgan fingerprint density at radius 3 is 2.78 bits per heavy atom. The van der Waals surface area contributed by atoms with Crippen molar-refractivity contribution >= 4 is 18.3 Å². The average molecular weight is 275 g/mol. The quantitative estimate of drug-likeness (QED) is 0.822. The maximum atomic E-state index is 12.2. The molecule has 0 aromatic rings. The minimum Gasteiger partial charge on any atom is -0.378 e. The summed E-state index contributed by atoms with van der Waals surface area (Å²) in [5, 5.41) is 3.35. The predicted molar refractivity (Wildman–Crippen MR) is 72.0 cm³/mol.